The molecule has 0 N–H and O–H groups in total. The summed E-state index contributed by atoms with van der Waals surface area (Å²) in [6.07, 6.45) is 0. The van der Waals surface area contributed by atoms with Crippen LogP contribution in [0.5, 0.6) is 0 Å². The summed E-state index contributed by atoms with van der Waals surface area (Å²) >= 11 is 0. The highest BCUT2D eigenvalue weighted by atomic mass is 16.3. The van der Waals surface area contributed by atoms with E-state index in [1.165, 1.54) is 16.3 Å². The molecular weight excluding hydrogens is 526 g/mol. The molecule has 3 nitrogen and oxygen atoms in total. The van der Waals surface area contributed by atoms with Crippen LogP contribution in [0, 0.1) is 0 Å². The molecule has 0 aliphatic rings. The van der Waals surface area contributed by atoms with E-state index >= 15 is 0 Å². The van der Waals surface area contributed by atoms with Crippen molar-refractivity contribution in [1.82, 2.24) is 0 Å². The van der Waals surface area contributed by atoms with E-state index in [1.54, 1.807) is 0 Å². The second kappa shape index (κ2) is 9.37. The van der Waals surface area contributed by atoms with Crippen LogP contribution in [0.4, 0.5) is 17.1 Å². The molecule has 0 saturated carbocycles. The lowest BCUT2D eigenvalue weighted by Crippen LogP contribution is -2.10. The van der Waals surface area contributed by atoms with Gasteiger partial charge in [0.2, 0.25) is 0 Å². The maximum atomic E-state index is 6.44. The van der Waals surface area contributed by atoms with Gasteiger partial charge in [-0.15, -0.1) is 0 Å². The van der Waals surface area contributed by atoms with Gasteiger partial charge in [0.15, 0.2) is 5.58 Å². The van der Waals surface area contributed by atoms with Crippen LogP contribution in [0.2, 0.25) is 0 Å². The van der Waals surface area contributed by atoms with Gasteiger partial charge in [-0.2, -0.15) is 0 Å². The molecule has 0 amide bonds. The largest absolute Gasteiger partial charge is 0.456 e. The number of furan rings is 2. The fourth-order valence-corrected chi connectivity index (χ4v) is 6.36. The van der Waals surface area contributed by atoms with Gasteiger partial charge in [0.1, 0.15) is 16.7 Å². The van der Waals surface area contributed by atoms with E-state index in [0.29, 0.717) is 0 Å². The van der Waals surface area contributed by atoms with E-state index in [-0.39, 0.29) is 0 Å². The minimum atomic E-state index is 0.879. The number of rotatable bonds is 4. The zero-order valence-corrected chi connectivity index (χ0v) is 23.2. The van der Waals surface area contributed by atoms with Gasteiger partial charge < -0.3 is 13.7 Å². The fraction of sp³-hybridized carbons (Fsp3) is 0. The first kappa shape index (κ1) is 23.9. The Hall–Kier alpha value is -5.80. The first-order chi connectivity index (χ1) is 21.3. The van der Waals surface area contributed by atoms with Crippen LogP contribution < -0.4 is 4.90 Å². The monoisotopic (exact) mass is 551 g/mol. The SMILES string of the molecule is c1ccc(N(c2ccc(-c3ccc4cc5oc6ccccc6c5cc4c3)cc2)c2cccc3c2oc2ccccc23)cc1. The van der Waals surface area contributed by atoms with Gasteiger partial charge in [-0.3, -0.25) is 0 Å². The number of hydrogen-bond acceptors (Lipinski definition) is 3. The maximum Gasteiger partial charge on any atom is 0.159 e. The summed E-state index contributed by atoms with van der Waals surface area (Å²) in [4.78, 5) is 2.27. The Morgan fingerprint density at radius 2 is 1.02 bits per heavy atom. The zero-order chi connectivity index (χ0) is 28.3. The minimum absolute atomic E-state index is 0.879. The molecule has 43 heavy (non-hydrogen) atoms. The molecule has 202 valence electrons. The number of anilines is 3. The second-order valence-electron chi connectivity index (χ2n) is 11.0. The van der Waals surface area contributed by atoms with E-state index in [2.05, 4.69) is 126 Å². The highest BCUT2D eigenvalue weighted by molar-refractivity contribution is 6.11. The van der Waals surface area contributed by atoms with Crippen molar-refractivity contribution >= 4 is 71.7 Å². The standard InChI is InChI=1S/C40H25NO2/c1-2-9-30(10-3-1)41(36-14-8-13-34-32-11-4-7-16-38(32)43-40(34)36)31-21-19-26(20-22-31)27-17-18-28-25-39-35(24-29(28)23-27)33-12-5-6-15-37(33)42-39/h1-25H. The minimum Gasteiger partial charge on any atom is -0.456 e. The molecule has 0 aliphatic carbocycles. The predicted molar refractivity (Wildman–Crippen MR) is 179 cm³/mol. The van der Waals surface area contributed by atoms with Gasteiger partial charge in [0, 0.05) is 32.9 Å². The van der Waals surface area contributed by atoms with Crippen LogP contribution in [0.3, 0.4) is 0 Å². The smallest absolute Gasteiger partial charge is 0.159 e. The lowest BCUT2D eigenvalue weighted by molar-refractivity contribution is 0.669. The second-order valence-corrected chi connectivity index (χ2v) is 11.0. The van der Waals surface area contributed by atoms with E-state index < -0.39 is 0 Å². The van der Waals surface area contributed by atoms with Gasteiger partial charge in [-0.25, -0.2) is 0 Å². The molecular formula is C40H25NO2. The molecule has 0 atom stereocenters. The van der Waals surface area contributed by atoms with Crippen molar-refractivity contribution in [3.63, 3.8) is 0 Å². The molecule has 7 aromatic carbocycles. The number of nitrogens with zero attached hydrogens (tertiary/aromatic N) is 1. The summed E-state index contributed by atoms with van der Waals surface area (Å²) in [7, 11) is 0. The predicted octanol–water partition coefficient (Wildman–Crippen LogP) is 11.8. The van der Waals surface area contributed by atoms with Crippen molar-refractivity contribution in [2.24, 2.45) is 0 Å². The number of fused-ring (bicyclic) bond motifs is 7. The molecule has 3 heteroatoms. The zero-order valence-electron chi connectivity index (χ0n) is 23.2. The van der Waals surface area contributed by atoms with Crippen molar-refractivity contribution in [3.05, 3.63) is 152 Å². The molecule has 0 radical (unpaired) electrons. The Kier molecular flexibility index (Phi) is 5.20. The third-order valence-electron chi connectivity index (χ3n) is 8.43. The highest BCUT2D eigenvalue weighted by Gasteiger charge is 2.19. The van der Waals surface area contributed by atoms with Crippen molar-refractivity contribution in [1.29, 1.82) is 0 Å². The third-order valence-corrected chi connectivity index (χ3v) is 8.43. The first-order valence-electron chi connectivity index (χ1n) is 14.5. The summed E-state index contributed by atoms with van der Waals surface area (Å²) in [5, 5.41) is 6.90. The van der Waals surface area contributed by atoms with Gasteiger partial charge in [-0.1, -0.05) is 91.0 Å². The maximum absolute atomic E-state index is 6.44. The van der Waals surface area contributed by atoms with Gasteiger partial charge in [0.05, 0.1) is 5.69 Å². The van der Waals surface area contributed by atoms with Crippen LogP contribution in [0.15, 0.2) is 160 Å². The van der Waals surface area contributed by atoms with E-state index in [1.807, 2.05) is 30.3 Å². The molecule has 9 aromatic rings. The Bertz CT molecular complexity index is 2450. The topological polar surface area (TPSA) is 29.5 Å². The Balaban J connectivity index is 1.15. The van der Waals surface area contributed by atoms with Crippen molar-refractivity contribution in [2.75, 3.05) is 4.90 Å². The summed E-state index contributed by atoms with van der Waals surface area (Å²) in [6, 6.07) is 53.2. The van der Waals surface area contributed by atoms with E-state index in [4.69, 9.17) is 8.83 Å². The molecule has 0 spiro atoms. The Morgan fingerprint density at radius 1 is 0.372 bits per heavy atom. The third kappa shape index (κ3) is 3.83. The average molecular weight is 552 g/mol. The van der Waals surface area contributed by atoms with E-state index in [0.717, 1.165) is 66.5 Å². The van der Waals surface area contributed by atoms with Crippen LogP contribution in [-0.4, -0.2) is 0 Å². The quantitative estimate of drug-likeness (QED) is 0.218. The summed E-state index contributed by atoms with van der Waals surface area (Å²) in [5.74, 6) is 0. The van der Waals surface area contributed by atoms with Crippen LogP contribution in [-0.2, 0) is 0 Å². The normalized spacial score (nSPS) is 11.7. The molecule has 0 saturated heterocycles. The summed E-state index contributed by atoms with van der Waals surface area (Å²) < 4.78 is 12.6. The average Bonchev–Trinajstić information content (AvgIpc) is 3.63. The molecule has 0 aliphatic heterocycles. The van der Waals surface area contributed by atoms with Gasteiger partial charge in [-0.05, 0) is 82.6 Å². The molecule has 2 aromatic heterocycles. The van der Waals surface area contributed by atoms with Gasteiger partial charge in [0.25, 0.3) is 0 Å². The van der Waals surface area contributed by atoms with Gasteiger partial charge >= 0.3 is 0 Å². The van der Waals surface area contributed by atoms with Crippen LogP contribution in [0.25, 0.3) is 65.8 Å². The molecule has 0 fully saturated rings. The lowest BCUT2D eigenvalue weighted by atomic mass is 9.99. The van der Waals surface area contributed by atoms with Crippen LogP contribution in [0.1, 0.15) is 0 Å². The number of benzene rings is 7. The van der Waals surface area contributed by atoms with E-state index in [9.17, 15) is 0 Å². The lowest BCUT2D eigenvalue weighted by Gasteiger charge is -2.25. The molecule has 0 unspecified atom stereocenters. The van der Waals surface area contributed by atoms with Crippen molar-refractivity contribution in [2.45, 2.75) is 0 Å². The summed E-state index contributed by atoms with van der Waals surface area (Å²) in [6.45, 7) is 0. The first-order valence-corrected chi connectivity index (χ1v) is 14.5. The van der Waals surface area contributed by atoms with Crippen molar-refractivity contribution < 1.29 is 8.83 Å². The Labute approximate surface area is 247 Å². The van der Waals surface area contributed by atoms with Crippen LogP contribution >= 0.6 is 0 Å². The van der Waals surface area contributed by atoms with Crippen molar-refractivity contribution in [3.8, 4) is 11.1 Å². The molecule has 9 rings (SSSR count). The number of para-hydroxylation sites is 4. The fourth-order valence-electron chi connectivity index (χ4n) is 6.36. The molecule has 0 bridgehead atoms. The molecule has 2 heterocycles. The Morgan fingerprint density at radius 3 is 1.84 bits per heavy atom. The highest BCUT2D eigenvalue weighted by Crippen LogP contribution is 2.42. The number of hydrogen-bond donors (Lipinski definition) is 0. The summed E-state index contributed by atoms with van der Waals surface area (Å²) in [5.41, 5.74) is 9.11.